The van der Waals surface area contributed by atoms with E-state index < -0.39 is 83.4 Å². The highest BCUT2D eigenvalue weighted by Gasteiger charge is 2.57. The van der Waals surface area contributed by atoms with E-state index in [1.54, 1.807) is 13.8 Å². The lowest BCUT2D eigenvalue weighted by Gasteiger charge is -2.48. The number of benzene rings is 1. The van der Waals surface area contributed by atoms with Gasteiger partial charge in [0, 0.05) is 29.7 Å². The van der Waals surface area contributed by atoms with Crippen molar-refractivity contribution in [2.45, 2.75) is 135 Å². The molecule has 0 saturated carbocycles. The molecule has 4 aliphatic rings. The lowest BCUT2D eigenvalue weighted by Crippen LogP contribution is -2.60. The van der Waals surface area contributed by atoms with Gasteiger partial charge in [0.25, 0.3) is 0 Å². The van der Waals surface area contributed by atoms with Crippen molar-refractivity contribution < 1.29 is 57.5 Å². The molecule has 1 aromatic rings. The van der Waals surface area contributed by atoms with Crippen molar-refractivity contribution in [2.75, 3.05) is 40.5 Å². The Hall–Kier alpha value is -3.14. The second-order valence-electron chi connectivity index (χ2n) is 16.9. The normalized spacial score (nSPS) is 40.9. The molecule has 0 aromatic heterocycles. The third-order valence-corrected chi connectivity index (χ3v) is 12.4. The van der Waals surface area contributed by atoms with Crippen LogP contribution in [0.5, 0.6) is 5.75 Å². The molecule has 4 aliphatic heterocycles. The Morgan fingerprint density at radius 2 is 1.70 bits per heavy atom. The zero-order valence-electron chi connectivity index (χ0n) is 34.8. The average molecular weight is 789 g/mol. The molecule has 14 atom stereocenters. The number of carbonyl (C=O) groups excluding carboxylic acids is 3. The number of hydrogen-bond acceptors (Lipinski definition) is 14. The van der Waals surface area contributed by atoms with E-state index >= 15 is 0 Å². The summed E-state index contributed by atoms with van der Waals surface area (Å²) in [7, 11) is 3.81. The van der Waals surface area contributed by atoms with Gasteiger partial charge in [-0.25, -0.2) is 0 Å². The number of ketones is 1. The standard InChI is InChI=1S/C42H64N2O12/c1-11-33-42(8)31(20-34(45)56-42)26(4)35(46)24(2)21-41(7)38(55-40-36(47)32(44(9)10)19-25(3)53-40)27(5)37(28(6)39(48)54-33)50-22-29(23-51-41)43-52-18-17-49-30-15-13-12-14-16-30/h12-16,24-28,31-33,36-38,40,47H,11,17-23H2,1-10H3/b43-29-/t24-,25-,26-,27-,28-,31+,32+,33-,36-,37+,38-,40+,41-,42+/m1/s1. The number of oxime groups is 1. The topological polar surface area (TPSA) is 161 Å². The SMILES string of the molecule is CC[C@H]1OC(=O)[C@H](C)[C@H]2OC/C(=N/OCCOc3ccccc3)CO[C@](C)(C[C@@H](C)C(=O)[C@H](C)[C@@H]3CC(=O)O[C@]13C)[C@H](O[C@@H]1O[C@H](C)C[C@H](N(C)C)[C@H]1O)[C@@H]2C. The van der Waals surface area contributed by atoms with Crippen molar-refractivity contribution in [3.05, 3.63) is 30.3 Å². The van der Waals surface area contributed by atoms with Gasteiger partial charge in [-0.2, -0.15) is 0 Å². The van der Waals surface area contributed by atoms with Crippen molar-refractivity contribution in [1.29, 1.82) is 0 Å². The molecular weight excluding hydrogens is 724 g/mol. The Kier molecular flexibility index (Phi) is 14.6. The minimum absolute atomic E-state index is 0.0281. The number of carbonyl (C=O) groups is 3. The fourth-order valence-electron chi connectivity index (χ4n) is 9.26. The van der Waals surface area contributed by atoms with Gasteiger partial charge in [0.2, 0.25) is 0 Å². The maximum Gasteiger partial charge on any atom is 0.311 e. The molecule has 5 rings (SSSR count). The summed E-state index contributed by atoms with van der Waals surface area (Å²) < 4.78 is 44.6. The molecule has 0 unspecified atom stereocenters. The van der Waals surface area contributed by atoms with Crippen molar-refractivity contribution >= 4 is 23.4 Å². The van der Waals surface area contributed by atoms with Crippen molar-refractivity contribution in [1.82, 2.24) is 4.90 Å². The van der Waals surface area contributed by atoms with Crippen molar-refractivity contribution in [3.63, 3.8) is 0 Å². The molecule has 0 radical (unpaired) electrons. The molecule has 1 N–H and O–H groups in total. The molecule has 4 fully saturated rings. The van der Waals surface area contributed by atoms with Crippen molar-refractivity contribution in [2.24, 2.45) is 34.7 Å². The van der Waals surface area contributed by atoms with Crippen molar-refractivity contribution in [3.8, 4) is 5.75 Å². The number of aliphatic hydroxyl groups excluding tert-OH is 1. The average Bonchev–Trinajstić information content (AvgIpc) is 3.49. The van der Waals surface area contributed by atoms with E-state index in [-0.39, 0.29) is 57.2 Å². The summed E-state index contributed by atoms with van der Waals surface area (Å²) >= 11 is 0. The molecule has 4 saturated heterocycles. The van der Waals surface area contributed by atoms with Crippen LogP contribution < -0.4 is 4.74 Å². The monoisotopic (exact) mass is 788 g/mol. The van der Waals surface area contributed by atoms with Crippen LogP contribution in [0.2, 0.25) is 0 Å². The summed E-state index contributed by atoms with van der Waals surface area (Å²) in [6, 6.07) is 9.14. The molecule has 4 heterocycles. The second kappa shape index (κ2) is 18.6. The van der Waals surface area contributed by atoms with E-state index in [4.69, 9.17) is 38.0 Å². The number of rotatable bonds is 9. The first-order valence-electron chi connectivity index (χ1n) is 20.2. The molecule has 2 bridgehead atoms. The van der Waals surface area contributed by atoms with Gasteiger partial charge in [0.1, 0.15) is 41.7 Å². The number of fused-ring (bicyclic) bond motifs is 4. The zero-order valence-corrected chi connectivity index (χ0v) is 34.8. The lowest BCUT2D eigenvalue weighted by molar-refractivity contribution is -0.302. The van der Waals surface area contributed by atoms with E-state index in [9.17, 15) is 19.5 Å². The highest BCUT2D eigenvalue weighted by atomic mass is 16.7. The summed E-state index contributed by atoms with van der Waals surface area (Å²) in [5.74, 6) is -3.51. The molecule has 14 nitrogen and oxygen atoms in total. The van der Waals surface area contributed by atoms with E-state index in [1.807, 2.05) is 90.9 Å². The second-order valence-corrected chi connectivity index (χ2v) is 16.9. The first kappa shape index (κ1) is 44.0. The Bertz CT molecular complexity index is 1530. The Morgan fingerprint density at radius 1 is 0.982 bits per heavy atom. The maximum absolute atomic E-state index is 14.5. The van der Waals surface area contributed by atoms with Gasteiger partial charge in [-0.05, 0) is 73.2 Å². The lowest BCUT2D eigenvalue weighted by atomic mass is 9.70. The number of ether oxygens (including phenoxy) is 7. The van der Waals surface area contributed by atoms with E-state index in [0.717, 1.165) is 0 Å². The van der Waals surface area contributed by atoms with Gasteiger partial charge in [0.15, 0.2) is 12.9 Å². The molecule has 14 heteroatoms. The van der Waals surface area contributed by atoms with Crippen LogP contribution >= 0.6 is 0 Å². The smallest absolute Gasteiger partial charge is 0.311 e. The zero-order chi connectivity index (χ0) is 40.9. The fourth-order valence-corrected chi connectivity index (χ4v) is 9.26. The number of esters is 2. The van der Waals surface area contributed by atoms with Crippen LogP contribution in [-0.4, -0.2) is 128 Å². The van der Waals surface area contributed by atoms with E-state index in [2.05, 4.69) is 5.16 Å². The van der Waals surface area contributed by atoms with Crippen LogP contribution in [0, 0.1) is 29.6 Å². The largest absolute Gasteiger partial charge is 0.490 e. The fraction of sp³-hybridized carbons (Fsp3) is 0.762. The minimum atomic E-state index is -1.22. The van der Waals surface area contributed by atoms with Gasteiger partial charge in [0.05, 0.1) is 49.5 Å². The predicted octanol–water partition coefficient (Wildman–Crippen LogP) is 4.58. The molecule has 314 valence electrons. The van der Waals surface area contributed by atoms with Gasteiger partial charge >= 0.3 is 11.9 Å². The number of likely N-dealkylation sites (N-methyl/N-ethyl adjacent to an activating group) is 1. The number of Topliss-reactive ketones (excluding diaryl/α,β-unsaturated/α-hetero) is 1. The summed E-state index contributed by atoms with van der Waals surface area (Å²) in [5, 5.41) is 16.0. The van der Waals surface area contributed by atoms with E-state index in [0.29, 0.717) is 24.3 Å². The number of para-hydroxylation sites is 1. The summed E-state index contributed by atoms with van der Waals surface area (Å²) in [6.45, 7) is 15.1. The predicted molar refractivity (Wildman–Crippen MR) is 206 cm³/mol. The molecule has 0 spiro atoms. The maximum atomic E-state index is 14.5. The number of hydrogen-bond donors (Lipinski definition) is 1. The van der Waals surface area contributed by atoms with E-state index in [1.165, 1.54) is 0 Å². The quantitative estimate of drug-likeness (QED) is 0.211. The molecular formula is C42H64N2O12. The van der Waals surface area contributed by atoms with Crippen LogP contribution in [0.1, 0.15) is 81.1 Å². The minimum Gasteiger partial charge on any atom is -0.490 e. The summed E-state index contributed by atoms with van der Waals surface area (Å²) in [6.07, 6.45) is -3.62. The molecule has 0 amide bonds. The Balaban J connectivity index is 1.54. The van der Waals surface area contributed by atoms with Crippen LogP contribution in [-0.2, 0) is 47.6 Å². The highest BCUT2D eigenvalue weighted by molar-refractivity contribution is 5.87. The van der Waals surface area contributed by atoms with Gasteiger partial charge in [-0.1, -0.05) is 51.0 Å². The van der Waals surface area contributed by atoms with Crippen LogP contribution in [0.4, 0.5) is 0 Å². The van der Waals surface area contributed by atoms with Crippen LogP contribution in [0.25, 0.3) is 0 Å². The third kappa shape index (κ3) is 9.75. The first-order valence-corrected chi connectivity index (χ1v) is 20.2. The first-order chi connectivity index (χ1) is 26.5. The van der Waals surface area contributed by atoms with Gasteiger partial charge in [-0.3, -0.25) is 14.4 Å². The van der Waals surface area contributed by atoms with Gasteiger partial charge in [-0.15, -0.1) is 0 Å². The third-order valence-electron chi connectivity index (χ3n) is 12.4. The Labute approximate surface area is 331 Å². The molecule has 1 aromatic carbocycles. The highest BCUT2D eigenvalue weighted by Crippen LogP contribution is 2.46. The van der Waals surface area contributed by atoms with Gasteiger partial charge < -0.3 is 48.0 Å². The van der Waals surface area contributed by atoms with Crippen LogP contribution in [0.15, 0.2) is 35.5 Å². The summed E-state index contributed by atoms with van der Waals surface area (Å²) in [5.41, 5.74) is -2.02. The summed E-state index contributed by atoms with van der Waals surface area (Å²) in [4.78, 5) is 49.3. The Morgan fingerprint density at radius 3 is 2.38 bits per heavy atom. The number of aliphatic hydroxyl groups is 1. The molecule has 56 heavy (non-hydrogen) atoms. The van der Waals surface area contributed by atoms with Crippen LogP contribution in [0.3, 0.4) is 0 Å². The molecule has 0 aliphatic carbocycles. The number of nitrogens with zero attached hydrogens (tertiary/aromatic N) is 2. The number of cyclic esters (lactones) is 1.